The van der Waals surface area contributed by atoms with E-state index in [1.807, 2.05) is 48.5 Å². The van der Waals surface area contributed by atoms with Crippen LogP contribution in [-0.2, 0) is 24.7 Å². The molecule has 0 radical (unpaired) electrons. The maximum absolute atomic E-state index is 11.5. The molecule has 1 aliphatic heterocycles. The lowest BCUT2D eigenvalue weighted by Crippen LogP contribution is -2.61. The van der Waals surface area contributed by atoms with Gasteiger partial charge >= 0.3 is 0 Å². The fourth-order valence-electron chi connectivity index (χ4n) is 7.30. The Morgan fingerprint density at radius 2 is 1.63 bits per heavy atom. The number of hydrogen-bond donors (Lipinski definition) is 1. The number of phenolic OH excluding ortho intramolecular Hbond substituents is 1. The van der Waals surface area contributed by atoms with E-state index in [4.69, 9.17) is 26.3 Å². The minimum Gasteiger partial charge on any atom is -0.504 e. The lowest BCUT2D eigenvalue weighted by molar-refractivity contribution is 0.0210. The summed E-state index contributed by atoms with van der Waals surface area (Å²) in [6.07, 6.45) is 3.49. The predicted molar refractivity (Wildman–Crippen MR) is 150 cm³/mol. The van der Waals surface area contributed by atoms with Gasteiger partial charge in [0.05, 0.1) is 29.9 Å². The molecule has 2 bridgehead atoms. The van der Waals surface area contributed by atoms with Crippen LogP contribution in [0.2, 0.25) is 5.02 Å². The summed E-state index contributed by atoms with van der Waals surface area (Å²) in [5, 5.41) is 12.2. The third-order valence-electron chi connectivity index (χ3n) is 9.14. The van der Waals surface area contributed by atoms with Crippen LogP contribution in [0.5, 0.6) is 11.5 Å². The number of aromatic nitrogens is 2. The molecule has 7 rings (SSSR count). The van der Waals surface area contributed by atoms with Crippen LogP contribution in [0.3, 0.4) is 0 Å². The summed E-state index contributed by atoms with van der Waals surface area (Å²) in [5.74, 6) is 1.19. The van der Waals surface area contributed by atoms with Crippen molar-refractivity contribution in [1.29, 1.82) is 0 Å². The Bertz CT molecular complexity index is 1540. The Hall–Kier alpha value is -3.41. The normalized spacial score (nSPS) is 23.8. The molecule has 1 aromatic heterocycles. The Labute approximate surface area is 228 Å². The lowest BCUT2D eigenvalue weighted by atomic mass is 9.52. The van der Waals surface area contributed by atoms with Crippen LogP contribution in [0, 0.1) is 5.92 Å². The molecule has 2 aliphatic carbocycles. The Morgan fingerprint density at radius 1 is 0.921 bits per heavy atom. The van der Waals surface area contributed by atoms with Gasteiger partial charge in [0, 0.05) is 39.6 Å². The molecular formula is C32H30ClN3O2. The van der Waals surface area contributed by atoms with E-state index in [9.17, 15) is 5.11 Å². The molecule has 0 unspecified atom stereocenters. The smallest absolute Gasteiger partial charge is 0.161 e. The minimum atomic E-state index is -0.198. The van der Waals surface area contributed by atoms with Gasteiger partial charge in [0.2, 0.25) is 0 Å². The first-order valence-electron chi connectivity index (χ1n) is 13.3. The van der Waals surface area contributed by atoms with Crippen LogP contribution >= 0.6 is 11.6 Å². The zero-order valence-corrected chi connectivity index (χ0v) is 22.4. The summed E-state index contributed by atoms with van der Waals surface area (Å²) < 4.78 is 5.57. The van der Waals surface area contributed by atoms with Gasteiger partial charge in [-0.3, -0.25) is 0 Å². The molecule has 2 heterocycles. The van der Waals surface area contributed by atoms with E-state index in [0.717, 1.165) is 71.7 Å². The van der Waals surface area contributed by atoms with Crippen molar-refractivity contribution >= 4 is 11.6 Å². The molecule has 0 saturated carbocycles. The van der Waals surface area contributed by atoms with E-state index in [0.29, 0.717) is 28.5 Å². The summed E-state index contributed by atoms with van der Waals surface area (Å²) in [6, 6.07) is 22.6. The molecule has 0 spiro atoms. The van der Waals surface area contributed by atoms with Gasteiger partial charge in [0.25, 0.3) is 0 Å². The van der Waals surface area contributed by atoms with Crippen LogP contribution in [0.25, 0.3) is 22.5 Å². The van der Waals surface area contributed by atoms with Gasteiger partial charge in [-0.1, -0.05) is 60.1 Å². The van der Waals surface area contributed by atoms with Crippen molar-refractivity contribution in [3.8, 4) is 34.0 Å². The van der Waals surface area contributed by atoms with Crippen molar-refractivity contribution in [1.82, 2.24) is 14.9 Å². The standard InChI is InChI=1S/C32H30ClN3O2/c1-36-15-14-32-18-25-24(17-23(32)26(36)16-21-10-13-27(38-2)31(37)28(21)32)34-29(19-6-4-3-5-7-19)30(35-25)20-8-11-22(33)12-9-20/h3-13,23,26,37H,14-18H2,1-2H3/t23-,26+,32-/m1/s1. The molecule has 3 atom stereocenters. The zero-order chi connectivity index (χ0) is 26.0. The van der Waals surface area contributed by atoms with Crippen LogP contribution in [-0.4, -0.2) is 46.7 Å². The Kier molecular flexibility index (Phi) is 5.50. The number of likely N-dealkylation sites (N-methyl/N-ethyl adjacent to an activating group) is 1. The molecular weight excluding hydrogens is 494 g/mol. The van der Waals surface area contributed by atoms with Crippen molar-refractivity contribution in [2.45, 2.75) is 37.1 Å². The molecule has 4 aromatic rings. The number of phenols is 1. The first kappa shape index (κ1) is 23.7. The number of likely N-dealkylation sites (tertiary alicyclic amines) is 1. The molecule has 3 aromatic carbocycles. The van der Waals surface area contributed by atoms with Crippen LogP contribution < -0.4 is 4.74 Å². The van der Waals surface area contributed by atoms with Gasteiger partial charge in [-0.05, 0) is 62.5 Å². The SMILES string of the molecule is COc1ccc2c(c1O)[C@@]13CCN(C)[C@@H](C2)[C@H]1Cc1nc(-c2ccccc2)c(-c2ccc(Cl)cc2)nc1C3. The third-order valence-corrected chi connectivity index (χ3v) is 9.39. The topological polar surface area (TPSA) is 58.5 Å². The van der Waals surface area contributed by atoms with E-state index < -0.39 is 0 Å². The predicted octanol–water partition coefficient (Wildman–Crippen LogP) is 6.09. The highest BCUT2D eigenvalue weighted by Crippen LogP contribution is 2.57. The van der Waals surface area contributed by atoms with Gasteiger partial charge in [-0.25, -0.2) is 9.97 Å². The minimum absolute atomic E-state index is 0.198. The average Bonchev–Trinajstić information content (AvgIpc) is 2.94. The summed E-state index contributed by atoms with van der Waals surface area (Å²) >= 11 is 6.23. The van der Waals surface area contributed by atoms with E-state index in [-0.39, 0.29) is 5.41 Å². The molecule has 5 nitrogen and oxygen atoms in total. The number of aromatic hydroxyl groups is 1. The number of ether oxygens (including phenoxy) is 1. The number of nitrogens with zero attached hydrogens (tertiary/aromatic N) is 3. The van der Waals surface area contributed by atoms with E-state index in [2.05, 4.69) is 30.1 Å². The molecule has 1 fully saturated rings. The zero-order valence-electron chi connectivity index (χ0n) is 21.6. The number of fused-ring (bicyclic) bond motifs is 2. The average molecular weight is 524 g/mol. The third kappa shape index (κ3) is 3.49. The van der Waals surface area contributed by atoms with E-state index in [1.165, 1.54) is 5.56 Å². The molecule has 192 valence electrons. The van der Waals surface area contributed by atoms with Crippen molar-refractivity contribution < 1.29 is 9.84 Å². The Balaban J connectivity index is 1.44. The van der Waals surface area contributed by atoms with Crippen LogP contribution in [0.1, 0.15) is 28.9 Å². The largest absolute Gasteiger partial charge is 0.504 e. The van der Waals surface area contributed by atoms with Crippen molar-refractivity contribution in [2.75, 3.05) is 20.7 Å². The highest BCUT2D eigenvalue weighted by molar-refractivity contribution is 6.30. The van der Waals surface area contributed by atoms with Gasteiger partial charge < -0.3 is 14.7 Å². The monoisotopic (exact) mass is 523 g/mol. The van der Waals surface area contributed by atoms with E-state index >= 15 is 0 Å². The fraction of sp³-hybridized carbons (Fsp3) is 0.312. The quantitative estimate of drug-likeness (QED) is 0.352. The van der Waals surface area contributed by atoms with Crippen LogP contribution in [0.4, 0.5) is 0 Å². The number of rotatable bonds is 3. The van der Waals surface area contributed by atoms with Crippen molar-refractivity contribution in [3.63, 3.8) is 0 Å². The molecule has 0 amide bonds. The second-order valence-corrected chi connectivity index (χ2v) is 11.4. The maximum Gasteiger partial charge on any atom is 0.161 e. The second kappa shape index (κ2) is 8.82. The first-order chi connectivity index (χ1) is 18.5. The Morgan fingerprint density at radius 3 is 2.37 bits per heavy atom. The van der Waals surface area contributed by atoms with Crippen LogP contribution in [0.15, 0.2) is 66.7 Å². The summed E-state index contributed by atoms with van der Waals surface area (Å²) in [4.78, 5) is 13.2. The molecule has 6 heteroatoms. The number of benzene rings is 3. The molecule has 38 heavy (non-hydrogen) atoms. The fourth-order valence-corrected chi connectivity index (χ4v) is 7.43. The van der Waals surface area contributed by atoms with Crippen molar-refractivity contribution in [2.24, 2.45) is 5.92 Å². The first-order valence-corrected chi connectivity index (χ1v) is 13.7. The summed E-state index contributed by atoms with van der Waals surface area (Å²) in [7, 11) is 3.87. The summed E-state index contributed by atoms with van der Waals surface area (Å²) in [5.41, 5.74) is 8.04. The molecule has 1 saturated heterocycles. The number of hydrogen-bond acceptors (Lipinski definition) is 5. The maximum atomic E-state index is 11.5. The summed E-state index contributed by atoms with van der Waals surface area (Å²) in [6.45, 7) is 0.992. The number of methoxy groups -OCH3 is 1. The van der Waals surface area contributed by atoms with E-state index in [1.54, 1.807) is 7.11 Å². The highest BCUT2D eigenvalue weighted by Gasteiger charge is 2.56. The lowest BCUT2D eigenvalue weighted by Gasteiger charge is -2.58. The van der Waals surface area contributed by atoms with Gasteiger partial charge in [-0.2, -0.15) is 0 Å². The number of piperidine rings is 1. The van der Waals surface area contributed by atoms with Gasteiger partial charge in [0.15, 0.2) is 11.5 Å². The van der Waals surface area contributed by atoms with Gasteiger partial charge in [0.1, 0.15) is 0 Å². The molecule has 3 aliphatic rings. The molecule has 1 N–H and O–H groups in total. The second-order valence-electron chi connectivity index (χ2n) is 11.0. The van der Waals surface area contributed by atoms with Crippen molar-refractivity contribution in [3.05, 3.63) is 94.3 Å². The highest BCUT2D eigenvalue weighted by atomic mass is 35.5. The number of halogens is 1. The van der Waals surface area contributed by atoms with Gasteiger partial charge in [-0.15, -0.1) is 0 Å².